The number of anilines is 1. The van der Waals surface area contributed by atoms with Gasteiger partial charge in [0.1, 0.15) is 0 Å². The van der Waals surface area contributed by atoms with Gasteiger partial charge in [-0.25, -0.2) is 8.42 Å². The maximum absolute atomic E-state index is 12.9. The van der Waals surface area contributed by atoms with Crippen molar-refractivity contribution in [3.8, 4) is 0 Å². The van der Waals surface area contributed by atoms with E-state index < -0.39 is 9.84 Å². The highest BCUT2D eigenvalue weighted by Gasteiger charge is 2.49. The number of halogens is 1. The Bertz CT molecular complexity index is 850. The Morgan fingerprint density at radius 1 is 1.07 bits per heavy atom. The zero-order valence-corrected chi connectivity index (χ0v) is 16.9. The Labute approximate surface area is 165 Å². The van der Waals surface area contributed by atoms with Crippen LogP contribution in [0.25, 0.3) is 0 Å². The summed E-state index contributed by atoms with van der Waals surface area (Å²) in [7, 11) is -3.15. The van der Waals surface area contributed by atoms with E-state index in [0.717, 1.165) is 31.5 Å². The van der Waals surface area contributed by atoms with Gasteiger partial charge in [-0.05, 0) is 56.4 Å². The van der Waals surface area contributed by atoms with Gasteiger partial charge in [-0.2, -0.15) is 0 Å². The van der Waals surface area contributed by atoms with Crippen LogP contribution >= 0.6 is 11.6 Å². The molecule has 0 aromatic heterocycles. The number of hydrogen-bond acceptors (Lipinski definition) is 4. The van der Waals surface area contributed by atoms with Gasteiger partial charge in [0.05, 0.1) is 24.1 Å². The molecule has 7 heteroatoms. The highest BCUT2D eigenvalue weighted by molar-refractivity contribution is 7.91. The van der Waals surface area contributed by atoms with Gasteiger partial charge in [-0.3, -0.25) is 9.69 Å². The molecule has 2 heterocycles. The summed E-state index contributed by atoms with van der Waals surface area (Å²) in [6, 6.07) is 6.62. The smallest absolute Gasteiger partial charge is 0.241 e. The second-order valence-electron chi connectivity index (χ2n) is 7.78. The summed E-state index contributed by atoms with van der Waals surface area (Å²) in [5, 5.41) is 0.598. The highest BCUT2D eigenvalue weighted by Crippen LogP contribution is 2.33. The molecule has 3 aliphatic rings. The lowest BCUT2D eigenvalue weighted by atomic mass is 9.96. The molecular weight excluding hydrogens is 384 g/mol. The van der Waals surface area contributed by atoms with Crippen molar-refractivity contribution in [2.45, 2.75) is 44.2 Å². The highest BCUT2D eigenvalue weighted by atomic mass is 35.5. The number of nitrogens with zero attached hydrogens (tertiary/aromatic N) is 2. The fourth-order valence-electron chi connectivity index (χ4n) is 4.56. The first kappa shape index (κ1) is 19.0. The average molecular weight is 409 g/mol. The minimum Gasteiger partial charge on any atom is -0.306 e. The van der Waals surface area contributed by atoms with Crippen LogP contribution in [0, 0.1) is 0 Å². The van der Waals surface area contributed by atoms with Crippen molar-refractivity contribution in [1.82, 2.24) is 4.90 Å². The van der Waals surface area contributed by atoms with Gasteiger partial charge in [0, 0.05) is 23.3 Å². The van der Waals surface area contributed by atoms with Gasteiger partial charge in [-0.15, -0.1) is 0 Å². The monoisotopic (exact) mass is 408 g/mol. The maximum Gasteiger partial charge on any atom is 0.241 e. The van der Waals surface area contributed by atoms with Crippen LogP contribution in [0.3, 0.4) is 0 Å². The number of carbonyl (C=O) groups excluding carboxylic acids is 1. The maximum atomic E-state index is 12.9. The quantitative estimate of drug-likeness (QED) is 0.718. The van der Waals surface area contributed by atoms with Crippen molar-refractivity contribution in [1.29, 1.82) is 0 Å². The van der Waals surface area contributed by atoms with E-state index in [-0.39, 0.29) is 36.0 Å². The summed E-state index contributed by atoms with van der Waals surface area (Å²) >= 11 is 5.97. The molecule has 1 aliphatic carbocycles. The first-order valence-electron chi connectivity index (χ1n) is 9.63. The fourth-order valence-corrected chi connectivity index (χ4v) is 6.67. The minimum atomic E-state index is -3.15. The van der Waals surface area contributed by atoms with Crippen molar-refractivity contribution >= 4 is 33.0 Å². The molecule has 0 radical (unpaired) electrons. The summed E-state index contributed by atoms with van der Waals surface area (Å²) in [6.07, 6.45) is 8.00. The molecule has 1 amide bonds. The third-order valence-corrected chi connectivity index (χ3v) is 7.86. The zero-order chi connectivity index (χ0) is 19.0. The summed E-state index contributed by atoms with van der Waals surface area (Å²) in [6.45, 7) is 1.02. The van der Waals surface area contributed by atoms with Crippen molar-refractivity contribution in [2.75, 3.05) is 29.5 Å². The Kier molecular flexibility index (Phi) is 5.32. The molecule has 2 fully saturated rings. The molecule has 0 spiro atoms. The van der Waals surface area contributed by atoms with Crippen LogP contribution in [0.2, 0.25) is 5.02 Å². The van der Waals surface area contributed by atoms with Crippen molar-refractivity contribution in [3.05, 3.63) is 40.9 Å². The topological polar surface area (TPSA) is 57.7 Å². The number of allylic oxidation sites excluding steroid dienone is 1. The first-order chi connectivity index (χ1) is 12.9. The zero-order valence-electron chi connectivity index (χ0n) is 15.3. The standard InChI is InChI=1S/C20H25ClN2O3S/c21-16-6-8-17(9-7-16)23-19-14-27(25,26)13-18(19)22(12-20(23)24)11-10-15-4-2-1-3-5-15/h4,6-9,18-19H,1-3,5,10-14H2/t18-,19-/m0/s1. The molecule has 2 aliphatic heterocycles. The molecule has 2 saturated heterocycles. The third-order valence-electron chi connectivity index (χ3n) is 5.91. The number of hydrogen-bond donors (Lipinski definition) is 0. The Hall–Kier alpha value is -1.37. The predicted octanol–water partition coefficient (Wildman–Crippen LogP) is 3.04. The summed E-state index contributed by atoms with van der Waals surface area (Å²) in [5.74, 6) is 0.132. The molecule has 0 unspecified atom stereocenters. The van der Waals surface area contributed by atoms with Crippen LogP contribution in [0.4, 0.5) is 5.69 Å². The Balaban J connectivity index is 1.56. The first-order valence-corrected chi connectivity index (χ1v) is 11.8. The molecule has 0 bridgehead atoms. The second-order valence-corrected chi connectivity index (χ2v) is 10.4. The number of piperazine rings is 1. The van der Waals surface area contributed by atoms with Gasteiger partial charge >= 0.3 is 0 Å². The molecule has 5 nitrogen and oxygen atoms in total. The average Bonchev–Trinajstić information content (AvgIpc) is 2.97. The van der Waals surface area contributed by atoms with Gasteiger partial charge in [0.15, 0.2) is 9.84 Å². The van der Waals surface area contributed by atoms with Gasteiger partial charge in [0.25, 0.3) is 0 Å². The minimum absolute atomic E-state index is 0.0330. The van der Waals surface area contributed by atoms with Crippen molar-refractivity contribution in [2.24, 2.45) is 0 Å². The lowest BCUT2D eigenvalue weighted by molar-refractivity contribution is -0.123. The number of amides is 1. The third kappa shape index (κ3) is 4.08. The Morgan fingerprint density at radius 3 is 2.52 bits per heavy atom. The van der Waals surface area contributed by atoms with E-state index in [1.165, 1.54) is 18.4 Å². The lowest BCUT2D eigenvalue weighted by Crippen LogP contribution is -2.62. The van der Waals surface area contributed by atoms with Crippen LogP contribution in [0.5, 0.6) is 0 Å². The molecule has 0 saturated carbocycles. The summed E-state index contributed by atoms with van der Waals surface area (Å²) < 4.78 is 24.8. The van der Waals surface area contributed by atoms with E-state index in [1.54, 1.807) is 29.2 Å². The predicted molar refractivity (Wildman–Crippen MR) is 108 cm³/mol. The van der Waals surface area contributed by atoms with E-state index in [2.05, 4.69) is 11.0 Å². The molecule has 0 N–H and O–H groups in total. The summed E-state index contributed by atoms with van der Waals surface area (Å²) in [5.41, 5.74) is 2.18. The summed E-state index contributed by atoms with van der Waals surface area (Å²) in [4.78, 5) is 16.7. The number of fused-ring (bicyclic) bond motifs is 1. The number of sulfone groups is 1. The number of carbonyl (C=O) groups is 1. The van der Waals surface area contributed by atoms with Crippen molar-refractivity contribution in [3.63, 3.8) is 0 Å². The molecule has 2 atom stereocenters. The van der Waals surface area contributed by atoms with Gasteiger partial charge in [-0.1, -0.05) is 23.3 Å². The van der Waals surface area contributed by atoms with Crippen LogP contribution < -0.4 is 4.90 Å². The molecule has 1 aromatic carbocycles. The van der Waals surface area contributed by atoms with E-state index in [9.17, 15) is 13.2 Å². The van der Waals surface area contributed by atoms with Gasteiger partial charge in [0.2, 0.25) is 5.91 Å². The Morgan fingerprint density at radius 2 is 1.81 bits per heavy atom. The van der Waals surface area contributed by atoms with Gasteiger partial charge < -0.3 is 4.90 Å². The lowest BCUT2D eigenvalue weighted by Gasteiger charge is -2.43. The normalized spacial score (nSPS) is 28.1. The largest absolute Gasteiger partial charge is 0.306 e. The van der Waals surface area contributed by atoms with Crippen molar-refractivity contribution < 1.29 is 13.2 Å². The molecule has 27 heavy (non-hydrogen) atoms. The molecular formula is C20H25ClN2O3S. The number of benzene rings is 1. The van der Waals surface area contributed by atoms with Crippen LogP contribution in [-0.4, -0.2) is 55.9 Å². The van der Waals surface area contributed by atoms with Crippen LogP contribution in [-0.2, 0) is 14.6 Å². The van der Waals surface area contributed by atoms with E-state index >= 15 is 0 Å². The fraction of sp³-hybridized carbons (Fsp3) is 0.550. The van der Waals surface area contributed by atoms with E-state index in [4.69, 9.17) is 11.6 Å². The van der Waals surface area contributed by atoms with E-state index in [0.29, 0.717) is 5.02 Å². The van der Waals surface area contributed by atoms with Crippen LogP contribution in [0.1, 0.15) is 32.1 Å². The molecule has 1 aromatic rings. The van der Waals surface area contributed by atoms with Crippen LogP contribution in [0.15, 0.2) is 35.9 Å². The second kappa shape index (κ2) is 7.57. The molecule has 4 rings (SSSR count). The SMILES string of the molecule is O=C1CN(CCC2=CCCCC2)[C@H]2CS(=O)(=O)C[C@@H]2N1c1ccc(Cl)cc1. The molecule has 146 valence electrons. The number of rotatable bonds is 4. The van der Waals surface area contributed by atoms with E-state index in [1.807, 2.05) is 0 Å².